The Morgan fingerprint density at radius 2 is 2.40 bits per heavy atom. The van der Waals surface area contributed by atoms with Gasteiger partial charge in [0, 0.05) is 17.9 Å². The Labute approximate surface area is 90.3 Å². The summed E-state index contributed by atoms with van der Waals surface area (Å²) < 4.78 is 0. The first-order valence-corrected chi connectivity index (χ1v) is 5.63. The van der Waals surface area contributed by atoms with E-state index in [1.54, 1.807) is 0 Å². The Hall–Kier alpha value is -1.36. The number of rotatable bonds is 2. The highest BCUT2D eigenvalue weighted by molar-refractivity contribution is 5.86. The lowest BCUT2D eigenvalue weighted by Gasteiger charge is -2.15. The Kier molecular flexibility index (Phi) is 2.73. The third-order valence-electron chi connectivity index (χ3n) is 3.40. The normalized spacial score (nSPS) is 24.5. The predicted molar refractivity (Wildman–Crippen MR) is 58.0 cm³/mol. The van der Waals surface area contributed by atoms with Crippen molar-refractivity contribution in [1.29, 1.82) is 5.26 Å². The van der Waals surface area contributed by atoms with Crippen molar-refractivity contribution in [1.82, 2.24) is 0 Å². The maximum atomic E-state index is 11.7. The van der Waals surface area contributed by atoms with Gasteiger partial charge in [-0.25, -0.2) is 0 Å². The van der Waals surface area contributed by atoms with Gasteiger partial charge in [0.25, 0.3) is 0 Å². The zero-order valence-electron chi connectivity index (χ0n) is 9.05. The minimum absolute atomic E-state index is 0.0913. The second-order valence-electron chi connectivity index (χ2n) is 4.18. The van der Waals surface area contributed by atoms with E-state index < -0.39 is 0 Å². The molecule has 1 unspecified atom stereocenters. The molecule has 2 heteroatoms. The topological polar surface area (TPSA) is 40.9 Å². The molecule has 0 N–H and O–H groups in total. The van der Waals surface area contributed by atoms with Gasteiger partial charge in [0.05, 0.1) is 6.07 Å². The lowest BCUT2D eigenvalue weighted by Crippen LogP contribution is -2.12. The highest BCUT2D eigenvalue weighted by Gasteiger charge is 2.32. The Balaban J connectivity index is 2.33. The Morgan fingerprint density at radius 3 is 3.07 bits per heavy atom. The fourth-order valence-electron chi connectivity index (χ4n) is 2.62. The fourth-order valence-corrected chi connectivity index (χ4v) is 2.62. The fraction of sp³-hybridized carbons (Fsp3) is 0.538. The number of fused-ring (bicyclic) bond motifs is 1. The molecule has 2 rings (SSSR count). The summed E-state index contributed by atoms with van der Waals surface area (Å²) in [5, 5.41) is 9.00. The van der Waals surface area contributed by atoms with Gasteiger partial charge in [-0.3, -0.25) is 4.79 Å². The molecule has 78 valence electrons. The first-order chi connectivity index (χ1) is 7.27. The molecule has 0 spiro atoms. The molecule has 1 saturated carbocycles. The lowest BCUT2D eigenvalue weighted by atomic mass is 9.88. The number of Topliss-reactive ketones (excluding diaryl/α,β-unsaturated/α-hetero) is 1. The number of nitriles is 1. The second kappa shape index (κ2) is 4.02. The quantitative estimate of drug-likeness (QED) is 0.689. The summed E-state index contributed by atoms with van der Waals surface area (Å²) in [6.45, 7) is 1.92. The zero-order valence-corrected chi connectivity index (χ0v) is 9.05. The van der Waals surface area contributed by atoms with Gasteiger partial charge < -0.3 is 0 Å². The number of carbonyl (C=O) groups excluding carboxylic acids is 1. The van der Waals surface area contributed by atoms with Crippen molar-refractivity contribution in [2.75, 3.05) is 0 Å². The maximum Gasteiger partial charge on any atom is 0.140 e. The molecule has 1 fully saturated rings. The molecule has 15 heavy (non-hydrogen) atoms. The minimum atomic E-state index is 0.0913. The van der Waals surface area contributed by atoms with Crippen LogP contribution in [0, 0.1) is 17.2 Å². The highest BCUT2D eigenvalue weighted by atomic mass is 16.1. The number of nitrogens with zero attached hydrogens (tertiary/aromatic N) is 1. The predicted octanol–water partition coefficient (Wildman–Crippen LogP) is 2.92. The van der Waals surface area contributed by atoms with Gasteiger partial charge in [-0.05, 0) is 36.8 Å². The summed E-state index contributed by atoms with van der Waals surface area (Å²) in [6, 6.07) is 2.28. The van der Waals surface area contributed by atoms with Crippen molar-refractivity contribution < 1.29 is 4.79 Å². The minimum Gasteiger partial charge on any atom is -0.299 e. The van der Waals surface area contributed by atoms with E-state index in [2.05, 4.69) is 12.1 Å². The molecule has 2 nitrogen and oxygen atoms in total. The van der Waals surface area contributed by atoms with Crippen LogP contribution in [-0.4, -0.2) is 5.78 Å². The molecule has 0 amide bonds. The van der Waals surface area contributed by atoms with Crippen LogP contribution in [0.3, 0.4) is 0 Å². The summed E-state index contributed by atoms with van der Waals surface area (Å²) >= 11 is 0. The SMILES string of the molecule is CCC(=O)C1CCC2=C(C#N)CCC=C21. The van der Waals surface area contributed by atoms with E-state index in [1.807, 2.05) is 6.92 Å². The monoisotopic (exact) mass is 201 g/mol. The van der Waals surface area contributed by atoms with E-state index in [-0.39, 0.29) is 5.92 Å². The van der Waals surface area contributed by atoms with Crippen molar-refractivity contribution in [3.8, 4) is 6.07 Å². The molecule has 0 aromatic rings. The van der Waals surface area contributed by atoms with Crippen molar-refractivity contribution >= 4 is 5.78 Å². The second-order valence-corrected chi connectivity index (χ2v) is 4.18. The van der Waals surface area contributed by atoms with Crippen LogP contribution in [-0.2, 0) is 4.79 Å². The van der Waals surface area contributed by atoms with E-state index in [0.717, 1.165) is 31.3 Å². The Bertz CT molecular complexity index is 395. The third kappa shape index (κ3) is 1.63. The number of hydrogen-bond donors (Lipinski definition) is 0. The molecule has 0 aliphatic heterocycles. The summed E-state index contributed by atoms with van der Waals surface area (Å²) in [4.78, 5) is 11.7. The van der Waals surface area contributed by atoms with Crippen LogP contribution in [0.1, 0.15) is 39.0 Å². The van der Waals surface area contributed by atoms with Crippen molar-refractivity contribution in [2.45, 2.75) is 39.0 Å². The van der Waals surface area contributed by atoms with E-state index in [1.165, 1.54) is 11.1 Å². The molecule has 0 saturated heterocycles. The smallest absolute Gasteiger partial charge is 0.140 e. The average Bonchev–Trinajstić information content (AvgIpc) is 2.71. The number of ketones is 1. The van der Waals surface area contributed by atoms with Crippen LogP contribution in [0.4, 0.5) is 0 Å². The zero-order chi connectivity index (χ0) is 10.8. The van der Waals surface area contributed by atoms with E-state index in [4.69, 9.17) is 5.26 Å². The number of carbonyl (C=O) groups is 1. The van der Waals surface area contributed by atoms with E-state index in [0.29, 0.717) is 12.2 Å². The lowest BCUT2D eigenvalue weighted by molar-refractivity contribution is -0.121. The summed E-state index contributed by atoms with van der Waals surface area (Å²) in [5.74, 6) is 0.420. The van der Waals surface area contributed by atoms with Crippen LogP contribution in [0.5, 0.6) is 0 Å². The van der Waals surface area contributed by atoms with Crippen LogP contribution in [0.15, 0.2) is 22.8 Å². The van der Waals surface area contributed by atoms with Crippen molar-refractivity contribution in [2.24, 2.45) is 5.92 Å². The van der Waals surface area contributed by atoms with E-state index in [9.17, 15) is 4.79 Å². The molecule has 2 aliphatic rings. The maximum absolute atomic E-state index is 11.7. The molecule has 0 aromatic carbocycles. The molecule has 0 aromatic heterocycles. The van der Waals surface area contributed by atoms with Crippen LogP contribution in [0.25, 0.3) is 0 Å². The number of allylic oxidation sites excluding steroid dienone is 4. The van der Waals surface area contributed by atoms with Crippen LogP contribution < -0.4 is 0 Å². The summed E-state index contributed by atoms with van der Waals surface area (Å²) in [5.41, 5.74) is 3.26. The molecular weight excluding hydrogens is 186 g/mol. The molecular formula is C13H15NO. The summed E-state index contributed by atoms with van der Waals surface area (Å²) in [7, 11) is 0. The van der Waals surface area contributed by atoms with E-state index >= 15 is 0 Å². The molecule has 0 radical (unpaired) electrons. The first-order valence-electron chi connectivity index (χ1n) is 5.63. The summed E-state index contributed by atoms with van der Waals surface area (Å²) in [6.07, 6.45) is 6.40. The van der Waals surface area contributed by atoms with Crippen LogP contribution in [0.2, 0.25) is 0 Å². The van der Waals surface area contributed by atoms with Crippen LogP contribution >= 0.6 is 0 Å². The van der Waals surface area contributed by atoms with Crippen molar-refractivity contribution in [3.63, 3.8) is 0 Å². The molecule has 2 aliphatic carbocycles. The highest BCUT2D eigenvalue weighted by Crippen LogP contribution is 2.42. The van der Waals surface area contributed by atoms with Gasteiger partial charge in [0.1, 0.15) is 5.78 Å². The largest absolute Gasteiger partial charge is 0.299 e. The first kappa shape index (κ1) is 10.2. The van der Waals surface area contributed by atoms with Gasteiger partial charge in [-0.15, -0.1) is 0 Å². The molecule has 0 bridgehead atoms. The average molecular weight is 201 g/mol. The van der Waals surface area contributed by atoms with Gasteiger partial charge >= 0.3 is 0 Å². The van der Waals surface area contributed by atoms with Gasteiger partial charge in [-0.1, -0.05) is 13.0 Å². The van der Waals surface area contributed by atoms with Gasteiger partial charge in [0.15, 0.2) is 0 Å². The third-order valence-corrected chi connectivity index (χ3v) is 3.40. The van der Waals surface area contributed by atoms with Gasteiger partial charge in [0.2, 0.25) is 0 Å². The molecule has 1 atom stereocenters. The standard InChI is InChI=1S/C13H15NO/c1-2-13(15)12-7-6-10-9(8-14)4-3-5-11(10)12/h5,12H,2-4,6-7H2,1H3. The van der Waals surface area contributed by atoms with Crippen molar-refractivity contribution in [3.05, 3.63) is 22.8 Å². The molecule has 0 heterocycles. The van der Waals surface area contributed by atoms with Gasteiger partial charge in [-0.2, -0.15) is 5.26 Å². The Morgan fingerprint density at radius 1 is 1.60 bits per heavy atom. The number of hydrogen-bond acceptors (Lipinski definition) is 2.